The number of amides is 1. The number of benzene rings is 1. The van der Waals surface area contributed by atoms with E-state index >= 15 is 0 Å². The van der Waals surface area contributed by atoms with Crippen molar-refractivity contribution in [3.8, 4) is 0 Å². The van der Waals surface area contributed by atoms with Gasteiger partial charge in [-0.2, -0.15) is 0 Å². The quantitative estimate of drug-likeness (QED) is 0.882. The Morgan fingerprint density at radius 1 is 1.37 bits per heavy atom. The molecule has 104 valence electrons. The van der Waals surface area contributed by atoms with Crippen molar-refractivity contribution in [2.24, 2.45) is 0 Å². The summed E-state index contributed by atoms with van der Waals surface area (Å²) in [5.74, 6) is 0. The van der Waals surface area contributed by atoms with Gasteiger partial charge in [-0.05, 0) is 18.4 Å². The molecule has 2 N–H and O–H groups in total. The van der Waals surface area contributed by atoms with Gasteiger partial charge in [-0.25, -0.2) is 9.18 Å². The number of carbonyl (C=O) groups excluding carboxylic acids is 1. The highest BCUT2D eigenvalue weighted by atomic mass is 19.1. The fraction of sp³-hybridized carbons (Fsp3) is 0.500. The molecule has 0 heterocycles. The molecule has 1 fully saturated rings. The van der Waals surface area contributed by atoms with Crippen LogP contribution in [0.15, 0.2) is 30.3 Å². The maximum Gasteiger partial charge on any atom is 0.407 e. The zero-order valence-electron chi connectivity index (χ0n) is 10.6. The number of ether oxygens (including phenoxy) is 1. The van der Waals surface area contributed by atoms with Crippen LogP contribution in [-0.2, 0) is 11.3 Å². The van der Waals surface area contributed by atoms with Gasteiger partial charge in [0.1, 0.15) is 12.8 Å². The lowest BCUT2D eigenvalue weighted by Crippen LogP contribution is -2.43. The Hall–Kier alpha value is -1.62. The van der Waals surface area contributed by atoms with E-state index in [-0.39, 0.29) is 19.1 Å². The normalized spacial score (nSPS) is 26.7. The highest BCUT2D eigenvalue weighted by Gasteiger charge is 2.29. The summed E-state index contributed by atoms with van der Waals surface area (Å²) in [4.78, 5) is 11.6. The van der Waals surface area contributed by atoms with Crippen molar-refractivity contribution >= 4 is 6.09 Å². The maximum absolute atomic E-state index is 13.3. The van der Waals surface area contributed by atoms with Crippen LogP contribution in [-0.4, -0.2) is 29.5 Å². The molecule has 0 bridgehead atoms. The van der Waals surface area contributed by atoms with Gasteiger partial charge in [0.25, 0.3) is 0 Å². The Morgan fingerprint density at radius 3 is 2.79 bits per heavy atom. The Morgan fingerprint density at radius 2 is 2.11 bits per heavy atom. The molecule has 1 aromatic carbocycles. The number of nitrogens with one attached hydrogen (secondary N) is 1. The second-order valence-corrected chi connectivity index (χ2v) is 4.80. The third-order valence-electron chi connectivity index (χ3n) is 3.27. The minimum Gasteiger partial charge on any atom is -0.445 e. The lowest BCUT2D eigenvalue weighted by atomic mass is 9.92. The monoisotopic (exact) mass is 267 g/mol. The molecule has 19 heavy (non-hydrogen) atoms. The number of aliphatic hydroxyl groups excluding tert-OH is 1. The molecule has 3 atom stereocenters. The molecule has 0 saturated heterocycles. The predicted octanol–water partition coefficient (Wildman–Crippen LogP) is 2.16. The van der Waals surface area contributed by atoms with Gasteiger partial charge < -0.3 is 15.2 Å². The Kier molecular flexibility index (Phi) is 4.74. The van der Waals surface area contributed by atoms with Crippen LogP contribution in [0.2, 0.25) is 0 Å². The number of hydrogen-bond donors (Lipinski definition) is 2. The highest BCUT2D eigenvalue weighted by molar-refractivity contribution is 5.67. The van der Waals surface area contributed by atoms with Gasteiger partial charge in [-0.15, -0.1) is 0 Å². The van der Waals surface area contributed by atoms with Crippen molar-refractivity contribution in [3.05, 3.63) is 35.9 Å². The smallest absolute Gasteiger partial charge is 0.407 e. The molecule has 1 aliphatic carbocycles. The van der Waals surface area contributed by atoms with Crippen LogP contribution in [0.25, 0.3) is 0 Å². The van der Waals surface area contributed by atoms with E-state index in [0.717, 1.165) is 5.56 Å². The van der Waals surface area contributed by atoms with Crippen molar-refractivity contribution in [2.75, 3.05) is 0 Å². The van der Waals surface area contributed by atoms with Gasteiger partial charge in [-0.3, -0.25) is 0 Å². The molecule has 2 rings (SSSR count). The van der Waals surface area contributed by atoms with E-state index in [9.17, 15) is 14.3 Å². The van der Waals surface area contributed by atoms with Crippen LogP contribution in [0.4, 0.5) is 9.18 Å². The van der Waals surface area contributed by atoms with E-state index in [0.29, 0.717) is 12.8 Å². The summed E-state index contributed by atoms with van der Waals surface area (Å²) in [6.07, 6.45) is -1.64. The van der Waals surface area contributed by atoms with Crippen molar-refractivity contribution in [3.63, 3.8) is 0 Å². The van der Waals surface area contributed by atoms with Crippen LogP contribution in [0.3, 0.4) is 0 Å². The summed E-state index contributed by atoms with van der Waals surface area (Å²) in [6.45, 7) is 0.196. The zero-order chi connectivity index (χ0) is 13.7. The van der Waals surface area contributed by atoms with Crippen molar-refractivity contribution < 1.29 is 19.0 Å². The summed E-state index contributed by atoms with van der Waals surface area (Å²) in [6, 6.07) is 9.09. The van der Waals surface area contributed by atoms with Gasteiger partial charge in [0.2, 0.25) is 0 Å². The van der Waals surface area contributed by atoms with Gasteiger partial charge in [0, 0.05) is 12.5 Å². The van der Waals surface area contributed by atoms with E-state index < -0.39 is 18.4 Å². The third-order valence-corrected chi connectivity index (χ3v) is 3.27. The molecule has 1 aromatic rings. The summed E-state index contributed by atoms with van der Waals surface area (Å²) in [7, 11) is 0. The first-order chi connectivity index (χ1) is 9.15. The molecular formula is C14H18FNO3. The predicted molar refractivity (Wildman–Crippen MR) is 68.3 cm³/mol. The van der Waals surface area contributed by atoms with Crippen LogP contribution in [0.1, 0.15) is 24.8 Å². The maximum atomic E-state index is 13.3. The van der Waals surface area contributed by atoms with Gasteiger partial charge in [-0.1, -0.05) is 30.3 Å². The van der Waals surface area contributed by atoms with Crippen LogP contribution in [0, 0.1) is 0 Å². The lowest BCUT2D eigenvalue weighted by molar-refractivity contribution is 0.0314. The van der Waals surface area contributed by atoms with Gasteiger partial charge in [0.05, 0.1) is 6.10 Å². The fourth-order valence-electron chi connectivity index (χ4n) is 2.16. The molecule has 1 amide bonds. The molecule has 4 nitrogen and oxygen atoms in total. The first-order valence-corrected chi connectivity index (χ1v) is 6.44. The van der Waals surface area contributed by atoms with E-state index in [2.05, 4.69) is 5.32 Å². The van der Waals surface area contributed by atoms with Crippen LogP contribution < -0.4 is 5.32 Å². The highest BCUT2D eigenvalue weighted by Crippen LogP contribution is 2.21. The second kappa shape index (κ2) is 6.52. The first-order valence-electron chi connectivity index (χ1n) is 6.44. The molecule has 0 aliphatic heterocycles. The Balaban J connectivity index is 1.73. The Bertz CT molecular complexity index is 412. The van der Waals surface area contributed by atoms with E-state index in [4.69, 9.17) is 4.74 Å². The topological polar surface area (TPSA) is 58.6 Å². The molecule has 0 aromatic heterocycles. The number of aliphatic hydroxyl groups is 1. The molecule has 5 heteroatoms. The number of alkyl carbamates (subject to hydrolysis) is 1. The fourth-order valence-corrected chi connectivity index (χ4v) is 2.16. The number of rotatable bonds is 3. The standard InChI is InChI=1S/C14H18FNO3/c15-12-8-11(6-7-13(12)17)16-14(18)19-9-10-4-2-1-3-5-10/h1-5,11-13,17H,6-9H2,(H,16,18)/t11-,12+,13+/m1/s1. The molecule has 0 unspecified atom stereocenters. The van der Waals surface area contributed by atoms with Gasteiger partial charge >= 0.3 is 6.09 Å². The summed E-state index contributed by atoms with van der Waals surface area (Å²) < 4.78 is 18.3. The van der Waals surface area contributed by atoms with E-state index in [1.165, 1.54) is 0 Å². The number of hydrogen-bond acceptors (Lipinski definition) is 3. The number of halogens is 1. The second-order valence-electron chi connectivity index (χ2n) is 4.80. The van der Waals surface area contributed by atoms with Crippen molar-refractivity contribution in [1.29, 1.82) is 0 Å². The average molecular weight is 267 g/mol. The van der Waals surface area contributed by atoms with Gasteiger partial charge in [0.15, 0.2) is 0 Å². The Labute approximate surface area is 111 Å². The number of carbonyl (C=O) groups is 1. The summed E-state index contributed by atoms with van der Waals surface area (Å²) in [5, 5.41) is 11.9. The zero-order valence-corrected chi connectivity index (χ0v) is 10.6. The summed E-state index contributed by atoms with van der Waals surface area (Å²) >= 11 is 0. The molecule has 0 radical (unpaired) electrons. The molecule has 1 saturated carbocycles. The van der Waals surface area contributed by atoms with Crippen LogP contribution in [0.5, 0.6) is 0 Å². The minimum absolute atomic E-state index is 0.140. The van der Waals surface area contributed by atoms with E-state index in [1.54, 1.807) is 0 Å². The van der Waals surface area contributed by atoms with Crippen molar-refractivity contribution in [1.82, 2.24) is 5.32 Å². The lowest BCUT2D eigenvalue weighted by Gasteiger charge is -2.28. The first kappa shape index (κ1) is 13.8. The van der Waals surface area contributed by atoms with E-state index in [1.807, 2.05) is 30.3 Å². The third kappa shape index (κ3) is 4.21. The largest absolute Gasteiger partial charge is 0.445 e. The minimum atomic E-state index is -1.27. The molecule has 1 aliphatic rings. The van der Waals surface area contributed by atoms with Crippen molar-refractivity contribution in [2.45, 2.75) is 44.2 Å². The molecular weight excluding hydrogens is 249 g/mol. The number of alkyl halides is 1. The van der Waals surface area contributed by atoms with Crippen LogP contribution >= 0.6 is 0 Å². The summed E-state index contributed by atoms with van der Waals surface area (Å²) in [5.41, 5.74) is 0.903. The molecule has 0 spiro atoms. The SMILES string of the molecule is O=C(N[C@@H]1CC[C@H](O)[C@@H](F)C1)OCc1ccccc1. The average Bonchev–Trinajstić information content (AvgIpc) is 2.42.